The van der Waals surface area contributed by atoms with Gasteiger partial charge in [-0.25, -0.2) is 0 Å². The highest BCUT2D eigenvalue weighted by molar-refractivity contribution is 9.10. The van der Waals surface area contributed by atoms with Crippen LogP contribution < -0.4 is 5.73 Å². The normalized spacial score (nSPS) is 11.8. The molecule has 1 aromatic carbocycles. The molecule has 0 aliphatic heterocycles. The summed E-state index contributed by atoms with van der Waals surface area (Å²) in [7, 11) is 0. The van der Waals surface area contributed by atoms with Crippen molar-refractivity contribution in [3.63, 3.8) is 0 Å². The molecule has 1 atom stereocenters. The van der Waals surface area contributed by atoms with Crippen LogP contribution >= 0.6 is 15.9 Å². The van der Waals surface area contributed by atoms with Crippen molar-refractivity contribution in [2.24, 2.45) is 5.73 Å². The molecule has 5 heteroatoms. The Kier molecular flexibility index (Phi) is 3.23. The number of carbonyl (C=O) groups is 1. The van der Waals surface area contributed by atoms with Crippen molar-refractivity contribution in [3.8, 4) is 6.07 Å². The van der Waals surface area contributed by atoms with Crippen molar-refractivity contribution in [1.82, 2.24) is 0 Å². The molecule has 1 rings (SSSR count). The van der Waals surface area contributed by atoms with E-state index in [-0.39, 0.29) is 0 Å². The summed E-state index contributed by atoms with van der Waals surface area (Å²) in [5.41, 5.74) is 6.20. The molecular weight excluding hydrogens is 248 g/mol. The molecular formula is C9H7BrN2O2. The number of benzene rings is 1. The molecule has 1 unspecified atom stereocenters. The first-order valence-electron chi connectivity index (χ1n) is 3.75. The average Bonchev–Trinajstić information content (AvgIpc) is 2.17. The predicted octanol–water partition coefficient (Wildman–Crippen LogP) is 1.41. The average molecular weight is 255 g/mol. The van der Waals surface area contributed by atoms with Gasteiger partial charge >= 0.3 is 5.97 Å². The van der Waals surface area contributed by atoms with Crippen LogP contribution in [0.25, 0.3) is 0 Å². The quantitative estimate of drug-likeness (QED) is 0.836. The maximum atomic E-state index is 10.6. The zero-order chi connectivity index (χ0) is 10.7. The van der Waals surface area contributed by atoms with Crippen LogP contribution in [0, 0.1) is 11.3 Å². The second-order valence-corrected chi connectivity index (χ2v) is 3.43. The van der Waals surface area contributed by atoms with Crippen molar-refractivity contribution < 1.29 is 9.90 Å². The molecule has 4 nitrogen and oxygen atoms in total. The Morgan fingerprint density at radius 1 is 1.64 bits per heavy atom. The van der Waals surface area contributed by atoms with Crippen LogP contribution in [0.1, 0.15) is 17.2 Å². The lowest BCUT2D eigenvalue weighted by Crippen LogP contribution is -2.21. The molecule has 1 aromatic rings. The largest absolute Gasteiger partial charge is 0.480 e. The monoisotopic (exact) mass is 254 g/mol. The van der Waals surface area contributed by atoms with Gasteiger partial charge in [-0.1, -0.05) is 12.1 Å². The maximum absolute atomic E-state index is 10.6. The molecule has 0 heterocycles. The van der Waals surface area contributed by atoms with E-state index in [2.05, 4.69) is 15.9 Å². The highest BCUT2D eigenvalue weighted by Gasteiger charge is 2.18. The van der Waals surface area contributed by atoms with Gasteiger partial charge in [-0.2, -0.15) is 5.26 Å². The minimum Gasteiger partial charge on any atom is -0.480 e. The minimum absolute atomic E-state index is 0.374. The van der Waals surface area contributed by atoms with Gasteiger partial charge < -0.3 is 10.8 Å². The standard InChI is InChI=1S/C9H7BrN2O2/c10-7-5(4-11)2-1-3-6(7)8(12)9(13)14/h1-3,8H,12H2,(H,13,14). The minimum atomic E-state index is -1.12. The third-order valence-corrected chi connectivity index (χ3v) is 2.64. The first-order chi connectivity index (χ1) is 6.57. The van der Waals surface area contributed by atoms with Crippen LogP contribution in [0.15, 0.2) is 22.7 Å². The van der Waals surface area contributed by atoms with Crippen molar-refractivity contribution in [3.05, 3.63) is 33.8 Å². The van der Waals surface area contributed by atoms with Gasteiger partial charge in [0.2, 0.25) is 0 Å². The van der Waals surface area contributed by atoms with Gasteiger partial charge in [-0.3, -0.25) is 4.79 Å². The van der Waals surface area contributed by atoms with Crippen LogP contribution in [0.2, 0.25) is 0 Å². The van der Waals surface area contributed by atoms with Gasteiger partial charge in [0.05, 0.1) is 5.56 Å². The Morgan fingerprint density at radius 3 is 2.79 bits per heavy atom. The van der Waals surface area contributed by atoms with Crippen molar-refractivity contribution >= 4 is 21.9 Å². The summed E-state index contributed by atoms with van der Waals surface area (Å²) in [5.74, 6) is -1.12. The van der Waals surface area contributed by atoms with E-state index in [9.17, 15) is 4.79 Å². The number of nitriles is 1. The van der Waals surface area contributed by atoms with E-state index in [4.69, 9.17) is 16.1 Å². The van der Waals surface area contributed by atoms with Crippen molar-refractivity contribution in [2.75, 3.05) is 0 Å². The first kappa shape index (κ1) is 10.7. The Labute approximate surface area is 89.1 Å². The SMILES string of the molecule is N#Cc1cccc(C(N)C(=O)O)c1Br. The number of nitrogens with two attached hydrogens (primary N) is 1. The summed E-state index contributed by atoms with van der Waals surface area (Å²) < 4.78 is 0.442. The molecule has 0 spiro atoms. The molecule has 0 radical (unpaired) electrons. The van der Waals surface area contributed by atoms with Gasteiger partial charge in [-0.05, 0) is 27.6 Å². The molecule has 3 N–H and O–H groups in total. The van der Waals surface area contributed by atoms with E-state index in [1.165, 1.54) is 0 Å². The molecule has 0 saturated carbocycles. The summed E-state index contributed by atoms with van der Waals surface area (Å²) in [6, 6.07) is 5.58. The summed E-state index contributed by atoms with van der Waals surface area (Å²) in [6.07, 6.45) is 0. The van der Waals surface area contributed by atoms with E-state index >= 15 is 0 Å². The molecule has 14 heavy (non-hydrogen) atoms. The topological polar surface area (TPSA) is 87.1 Å². The number of halogens is 1. The molecule has 0 bridgehead atoms. The molecule has 0 amide bonds. The number of nitrogens with zero attached hydrogens (tertiary/aromatic N) is 1. The fourth-order valence-electron chi connectivity index (χ4n) is 1.01. The first-order valence-corrected chi connectivity index (χ1v) is 4.54. The van der Waals surface area contributed by atoms with Crippen LogP contribution in [0.4, 0.5) is 0 Å². The second kappa shape index (κ2) is 4.22. The molecule has 0 saturated heterocycles. The summed E-state index contributed by atoms with van der Waals surface area (Å²) in [6.45, 7) is 0. The van der Waals surface area contributed by atoms with E-state index in [1.807, 2.05) is 6.07 Å². The lowest BCUT2D eigenvalue weighted by atomic mass is 10.1. The van der Waals surface area contributed by atoms with Gasteiger partial charge in [0.1, 0.15) is 12.1 Å². The number of aliphatic carboxylic acids is 1. The number of hydrogen-bond donors (Lipinski definition) is 2. The Hall–Kier alpha value is -1.38. The molecule has 0 aromatic heterocycles. The summed E-state index contributed by atoms with van der Waals surface area (Å²) in [5, 5.41) is 17.4. The Morgan fingerprint density at radius 2 is 2.29 bits per heavy atom. The molecule has 0 aliphatic carbocycles. The van der Waals surface area contributed by atoms with Gasteiger partial charge in [-0.15, -0.1) is 0 Å². The highest BCUT2D eigenvalue weighted by atomic mass is 79.9. The fraction of sp³-hybridized carbons (Fsp3) is 0.111. The van der Waals surface area contributed by atoms with E-state index in [0.717, 1.165) is 0 Å². The van der Waals surface area contributed by atoms with Crippen molar-refractivity contribution in [1.29, 1.82) is 5.26 Å². The lowest BCUT2D eigenvalue weighted by Gasteiger charge is -2.09. The van der Waals surface area contributed by atoms with E-state index in [0.29, 0.717) is 15.6 Å². The van der Waals surface area contributed by atoms with Crippen LogP contribution in [-0.4, -0.2) is 11.1 Å². The third kappa shape index (κ3) is 1.92. The summed E-state index contributed by atoms with van der Waals surface area (Å²) >= 11 is 3.14. The number of rotatable bonds is 2. The number of hydrogen-bond acceptors (Lipinski definition) is 3. The van der Waals surface area contributed by atoms with Crippen LogP contribution in [0.5, 0.6) is 0 Å². The zero-order valence-electron chi connectivity index (χ0n) is 7.07. The van der Waals surface area contributed by atoms with Crippen LogP contribution in [0.3, 0.4) is 0 Å². The smallest absolute Gasteiger partial charge is 0.325 e. The fourth-order valence-corrected chi connectivity index (χ4v) is 1.61. The van der Waals surface area contributed by atoms with E-state index < -0.39 is 12.0 Å². The number of carboxylic acids is 1. The Balaban J connectivity index is 3.24. The van der Waals surface area contributed by atoms with Gasteiger partial charge in [0.15, 0.2) is 0 Å². The third-order valence-electron chi connectivity index (χ3n) is 1.75. The maximum Gasteiger partial charge on any atom is 0.325 e. The lowest BCUT2D eigenvalue weighted by molar-refractivity contribution is -0.138. The second-order valence-electron chi connectivity index (χ2n) is 2.64. The zero-order valence-corrected chi connectivity index (χ0v) is 8.65. The van der Waals surface area contributed by atoms with Gasteiger partial charge in [0, 0.05) is 4.47 Å². The Bertz CT molecular complexity index is 412. The summed E-state index contributed by atoms with van der Waals surface area (Å²) in [4.78, 5) is 10.6. The van der Waals surface area contributed by atoms with Gasteiger partial charge in [0.25, 0.3) is 0 Å². The van der Waals surface area contributed by atoms with Crippen LogP contribution in [-0.2, 0) is 4.79 Å². The molecule has 0 fully saturated rings. The number of carboxylic acid groups (broad SMARTS) is 1. The predicted molar refractivity (Wildman–Crippen MR) is 53.4 cm³/mol. The van der Waals surface area contributed by atoms with Crippen molar-refractivity contribution in [2.45, 2.75) is 6.04 Å². The van der Waals surface area contributed by atoms with E-state index in [1.54, 1.807) is 18.2 Å². The highest BCUT2D eigenvalue weighted by Crippen LogP contribution is 2.25. The molecule has 0 aliphatic rings. The molecule has 72 valence electrons.